The highest BCUT2D eigenvalue weighted by molar-refractivity contribution is 7.99. The number of carbonyl (C=O) groups excluding carboxylic acids is 1. The Hall–Kier alpha value is -1.04. The minimum atomic E-state index is -0.163. The third-order valence-electron chi connectivity index (χ3n) is 1.82. The first kappa shape index (κ1) is 13.0. The zero-order chi connectivity index (χ0) is 12.0. The van der Waals surface area contributed by atoms with Crippen molar-refractivity contribution in [2.24, 2.45) is 0 Å². The Morgan fingerprint density at radius 2 is 2.31 bits per heavy atom. The van der Waals surface area contributed by atoms with Crippen LogP contribution < -0.4 is 0 Å². The minimum absolute atomic E-state index is 0.163. The molecule has 0 saturated carbocycles. The van der Waals surface area contributed by atoms with E-state index in [-0.39, 0.29) is 11.2 Å². The van der Waals surface area contributed by atoms with Crippen molar-refractivity contribution in [3.8, 4) is 0 Å². The fourth-order valence-corrected chi connectivity index (χ4v) is 1.92. The van der Waals surface area contributed by atoms with Gasteiger partial charge >= 0.3 is 5.97 Å². The largest absolute Gasteiger partial charge is 0.466 e. The number of rotatable bonds is 6. The Morgan fingerprint density at radius 1 is 1.56 bits per heavy atom. The number of carbonyl (C=O) groups is 1. The van der Waals surface area contributed by atoms with Crippen LogP contribution in [0.3, 0.4) is 0 Å². The first-order valence-corrected chi connectivity index (χ1v) is 6.23. The molecule has 5 nitrogen and oxygen atoms in total. The number of nitrogens with zero attached hydrogens (tertiary/aromatic N) is 2. The summed E-state index contributed by atoms with van der Waals surface area (Å²) in [5, 5.41) is 7.80. The van der Waals surface area contributed by atoms with Crippen LogP contribution in [-0.4, -0.2) is 28.0 Å². The molecule has 0 aliphatic carbocycles. The monoisotopic (exact) mass is 244 g/mol. The number of thioether (sulfide) groups is 1. The van der Waals surface area contributed by atoms with Crippen LogP contribution in [0.15, 0.2) is 4.42 Å². The second kappa shape index (κ2) is 6.52. The van der Waals surface area contributed by atoms with Crippen LogP contribution in [0.2, 0.25) is 0 Å². The van der Waals surface area contributed by atoms with E-state index in [1.54, 1.807) is 25.6 Å². The van der Waals surface area contributed by atoms with Gasteiger partial charge in [0.2, 0.25) is 11.8 Å². The molecule has 0 spiro atoms. The van der Waals surface area contributed by atoms with Crippen LogP contribution in [0.5, 0.6) is 0 Å². The lowest BCUT2D eigenvalue weighted by atomic mass is 10.3. The van der Waals surface area contributed by atoms with E-state index in [0.29, 0.717) is 30.6 Å². The van der Waals surface area contributed by atoms with E-state index in [4.69, 9.17) is 9.15 Å². The van der Waals surface area contributed by atoms with Crippen LogP contribution >= 0.6 is 11.8 Å². The molecule has 1 heterocycles. The zero-order valence-corrected chi connectivity index (χ0v) is 10.5. The topological polar surface area (TPSA) is 65.2 Å². The summed E-state index contributed by atoms with van der Waals surface area (Å²) in [5.74, 6) is 1.62. The van der Waals surface area contributed by atoms with Crippen LogP contribution in [0.4, 0.5) is 0 Å². The lowest BCUT2D eigenvalue weighted by Crippen LogP contribution is -2.10. The molecule has 90 valence electrons. The van der Waals surface area contributed by atoms with Crippen LogP contribution in [-0.2, 0) is 15.3 Å². The average Bonchev–Trinajstić information content (AvgIpc) is 2.61. The van der Waals surface area contributed by atoms with Gasteiger partial charge in [0.05, 0.1) is 18.8 Å². The highest BCUT2D eigenvalue weighted by atomic mass is 32.2. The van der Waals surface area contributed by atoms with Crippen molar-refractivity contribution in [1.29, 1.82) is 0 Å². The fourth-order valence-electron chi connectivity index (χ4n) is 1.12. The van der Waals surface area contributed by atoms with Crippen molar-refractivity contribution in [2.75, 3.05) is 6.61 Å². The lowest BCUT2D eigenvalue weighted by molar-refractivity contribution is -0.142. The number of hydrogen-bond acceptors (Lipinski definition) is 6. The van der Waals surface area contributed by atoms with E-state index in [1.165, 1.54) is 0 Å². The third-order valence-corrected chi connectivity index (χ3v) is 2.97. The lowest BCUT2D eigenvalue weighted by Gasteiger charge is -2.08. The molecule has 1 atom stereocenters. The summed E-state index contributed by atoms with van der Waals surface area (Å²) >= 11 is 1.60. The molecule has 0 radical (unpaired) electrons. The Balaban J connectivity index is 2.24. The van der Waals surface area contributed by atoms with Crippen LogP contribution in [0, 0.1) is 6.92 Å². The van der Waals surface area contributed by atoms with Crippen molar-refractivity contribution in [2.45, 2.75) is 38.2 Å². The van der Waals surface area contributed by atoms with Crippen molar-refractivity contribution < 1.29 is 13.9 Å². The molecular weight excluding hydrogens is 228 g/mol. The van der Waals surface area contributed by atoms with Gasteiger partial charge < -0.3 is 9.15 Å². The van der Waals surface area contributed by atoms with Crippen molar-refractivity contribution >= 4 is 17.7 Å². The van der Waals surface area contributed by atoms with Gasteiger partial charge in [0.1, 0.15) is 0 Å². The second-order valence-electron chi connectivity index (χ2n) is 3.35. The molecule has 0 aromatic carbocycles. The number of esters is 1. The Bertz CT molecular complexity index is 341. The predicted octanol–water partition coefficient (Wildman–Crippen LogP) is 1.95. The molecule has 0 bridgehead atoms. The smallest absolute Gasteiger partial charge is 0.306 e. The first-order chi connectivity index (χ1) is 7.61. The zero-order valence-electron chi connectivity index (χ0n) is 9.73. The van der Waals surface area contributed by atoms with Gasteiger partial charge in [0.15, 0.2) is 0 Å². The molecule has 0 unspecified atom stereocenters. The summed E-state index contributed by atoms with van der Waals surface area (Å²) in [5.41, 5.74) is 0. The van der Waals surface area contributed by atoms with Gasteiger partial charge in [-0.1, -0.05) is 6.92 Å². The van der Waals surface area contributed by atoms with Gasteiger partial charge in [-0.05, 0) is 6.92 Å². The molecule has 0 saturated heterocycles. The second-order valence-corrected chi connectivity index (χ2v) is 4.77. The molecule has 1 rings (SSSR count). The predicted molar refractivity (Wildman–Crippen MR) is 61.0 cm³/mol. The number of aromatic nitrogens is 2. The van der Waals surface area contributed by atoms with E-state index in [9.17, 15) is 4.79 Å². The summed E-state index contributed by atoms with van der Waals surface area (Å²) < 4.78 is 10.1. The summed E-state index contributed by atoms with van der Waals surface area (Å²) in [7, 11) is 0. The summed E-state index contributed by atoms with van der Waals surface area (Å²) in [4.78, 5) is 11.2. The Labute approximate surface area is 99.0 Å². The molecule has 0 N–H and O–H groups in total. The van der Waals surface area contributed by atoms with E-state index in [1.807, 2.05) is 6.92 Å². The van der Waals surface area contributed by atoms with Gasteiger partial charge in [0, 0.05) is 12.2 Å². The maximum absolute atomic E-state index is 11.2. The molecule has 0 aliphatic rings. The quantitative estimate of drug-likeness (QED) is 0.713. The van der Waals surface area contributed by atoms with Gasteiger partial charge in [-0.25, -0.2) is 0 Å². The third kappa shape index (κ3) is 4.65. The number of hydrogen-bond donors (Lipinski definition) is 0. The number of aryl methyl sites for hydroxylation is 1. The maximum Gasteiger partial charge on any atom is 0.306 e. The van der Waals surface area contributed by atoms with Gasteiger partial charge in [0.25, 0.3) is 0 Å². The first-order valence-electron chi connectivity index (χ1n) is 5.18. The SMILES string of the molecule is CCOC(=O)C[C@@H](C)SCc1nnc(C)o1. The average molecular weight is 244 g/mol. The van der Waals surface area contributed by atoms with Gasteiger partial charge in [-0.3, -0.25) is 4.79 Å². The van der Waals surface area contributed by atoms with Crippen molar-refractivity contribution in [1.82, 2.24) is 10.2 Å². The molecule has 0 amide bonds. The van der Waals surface area contributed by atoms with Crippen molar-refractivity contribution in [3.05, 3.63) is 11.8 Å². The van der Waals surface area contributed by atoms with E-state index in [0.717, 1.165) is 0 Å². The van der Waals surface area contributed by atoms with E-state index in [2.05, 4.69) is 10.2 Å². The van der Waals surface area contributed by atoms with Crippen LogP contribution in [0.1, 0.15) is 32.0 Å². The fraction of sp³-hybridized carbons (Fsp3) is 0.700. The molecule has 0 aliphatic heterocycles. The highest BCUT2D eigenvalue weighted by Gasteiger charge is 2.12. The molecular formula is C10H16N2O3S. The molecule has 0 fully saturated rings. The summed E-state index contributed by atoms with van der Waals surface area (Å²) in [6.07, 6.45) is 0.408. The Morgan fingerprint density at radius 3 is 2.88 bits per heavy atom. The van der Waals surface area contributed by atoms with Crippen molar-refractivity contribution in [3.63, 3.8) is 0 Å². The van der Waals surface area contributed by atoms with E-state index >= 15 is 0 Å². The number of ether oxygens (including phenoxy) is 1. The standard InChI is InChI=1S/C10H16N2O3S/c1-4-14-10(13)5-7(2)16-6-9-12-11-8(3)15-9/h7H,4-6H2,1-3H3/t7-/m1/s1. The Kier molecular flexibility index (Phi) is 5.31. The summed E-state index contributed by atoms with van der Waals surface area (Å²) in [6.45, 7) is 5.96. The molecule has 1 aromatic rings. The van der Waals surface area contributed by atoms with E-state index < -0.39 is 0 Å². The molecule has 6 heteroatoms. The highest BCUT2D eigenvalue weighted by Crippen LogP contribution is 2.19. The van der Waals surface area contributed by atoms with Crippen LogP contribution in [0.25, 0.3) is 0 Å². The molecule has 1 aromatic heterocycles. The van der Waals surface area contributed by atoms with Gasteiger partial charge in [-0.15, -0.1) is 22.0 Å². The maximum atomic E-state index is 11.2. The molecule has 16 heavy (non-hydrogen) atoms. The summed E-state index contributed by atoms with van der Waals surface area (Å²) in [6, 6.07) is 0. The normalized spacial score (nSPS) is 12.4. The minimum Gasteiger partial charge on any atom is -0.466 e. The van der Waals surface area contributed by atoms with Gasteiger partial charge in [-0.2, -0.15) is 0 Å².